The highest BCUT2D eigenvalue weighted by molar-refractivity contribution is 7.92. The number of aryl methyl sites for hydroxylation is 3. The molecule has 1 N–H and O–H groups in total. The third-order valence-electron chi connectivity index (χ3n) is 5.36. The summed E-state index contributed by atoms with van der Waals surface area (Å²) in [5.41, 5.74) is 4.89. The van der Waals surface area contributed by atoms with Crippen molar-refractivity contribution in [2.75, 3.05) is 17.7 Å². The van der Waals surface area contributed by atoms with Gasteiger partial charge in [0, 0.05) is 0 Å². The van der Waals surface area contributed by atoms with Crippen molar-refractivity contribution < 1.29 is 17.9 Å². The van der Waals surface area contributed by atoms with Gasteiger partial charge in [0.2, 0.25) is 15.9 Å². The van der Waals surface area contributed by atoms with Crippen LogP contribution >= 0.6 is 0 Å². The van der Waals surface area contributed by atoms with E-state index in [0.717, 1.165) is 22.9 Å². The summed E-state index contributed by atoms with van der Waals surface area (Å²) in [7, 11) is -2.14. The van der Waals surface area contributed by atoms with E-state index in [1.165, 1.54) is 9.87 Å². The summed E-state index contributed by atoms with van der Waals surface area (Å²) in [4.78, 5) is 13.2. The number of rotatable bonds is 8. The molecule has 0 heterocycles. The Morgan fingerprint density at radius 1 is 1.07 bits per heavy atom. The maximum Gasteiger partial charge on any atom is 0.244 e. The summed E-state index contributed by atoms with van der Waals surface area (Å²) < 4.78 is 31.5. The van der Waals surface area contributed by atoms with E-state index in [1.807, 2.05) is 20.8 Å². The van der Waals surface area contributed by atoms with Crippen LogP contribution in [0.4, 0.5) is 5.69 Å². The highest BCUT2D eigenvalue weighted by Gasteiger charge is 2.32. The van der Waals surface area contributed by atoms with Crippen LogP contribution in [0.1, 0.15) is 48.6 Å². The van der Waals surface area contributed by atoms with Gasteiger partial charge >= 0.3 is 0 Å². The van der Waals surface area contributed by atoms with Crippen LogP contribution < -0.4 is 14.4 Å². The lowest BCUT2D eigenvalue weighted by Crippen LogP contribution is -2.49. The number of amides is 1. The summed E-state index contributed by atoms with van der Waals surface area (Å²) in [6.45, 7) is 9.83. The van der Waals surface area contributed by atoms with Gasteiger partial charge in [-0.05, 0) is 80.6 Å². The number of carbonyl (C=O) groups is 1. The van der Waals surface area contributed by atoms with E-state index in [0.29, 0.717) is 17.9 Å². The largest absolute Gasteiger partial charge is 0.497 e. The lowest BCUT2D eigenvalue weighted by atomic mass is 9.96. The van der Waals surface area contributed by atoms with Crippen LogP contribution in [0.2, 0.25) is 0 Å². The zero-order valence-corrected chi connectivity index (χ0v) is 19.6. The van der Waals surface area contributed by atoms with Crippen molar-refractivity contribution in [1.29, 1.82) is 0 Å². The van der Waals surface area contributed by atoms with E-state index in [-0.39, 0.29) is 11.9 Å². The van der Waals surface area contributed by atoms with Gasteiger partial charge in [0.1, 0.15) is 11.8 Å². The standard InChI is InChI=1S/C23H32N2O4S/c1-8-22(25(30(7,27)28)19-9-11-20(29-6)12-10-19)23(26)24-18(5)21-14-16(3)15(2)13-17(21)4/h9-14,18,22H,8H2,1-7H3,(H,24,26)/t18-,22+/m0/s1. The predicted molar refractivity (Wildman–Crippen MR) is 122 cm³/mol. The average molecular weight is 433 g/mol. The van der Waals surface area contributed by atoms with Gasteiger partial charge in [-0.25, -0.2) is 8.42 Å². The normalized spacial score (nSPS) is 13.4. The summed E-state index contributed by atoms with van der Waals surface area (Å²) in [5.74, 6) is 0.285. The van der Waals surface area contributed by atoms with Gasteiger partial charge in [0.25, 0.3) is 0 Å². The number of sulfonamides is 1. The molecule has 2 aromatic carbocycles. The Kier molecular flexibility index (Phi) is 7.53. The van der Waals surface area contributed by atoms with E-state index >= 15 is 0 Å². The first-order chi connectivity index (χ1) is 14.0. The van der Waals surface area contributed by atoms with Crippen molar-refractivity contribution in [1.82, 2.24) is 5.32 Å². The molecule has 2 aromatic rings. The van der Waals surface area contributed by atoms with Crippen molar-refractivity contribution in [3.8, 4) is 5.75 Å². The lowest BCUT2D eigenvalue weighted by molar-refractivity contribution is -0.122. The molecular weight excluding hydrogens is 400 g/mol. The highest BCUT2D eigenvalue weighted by Crippen LogP contribution is 2.26. The molecule has 0 aliphatic heterocycles. The third-order valence-corrected chi connectivity index (χ3v) is 6.54. The number of anilines is 1. The average Bonchev–Trinajstić information content (AvgIpc) is 2.67. The molecule has 0 radical (unpaired) electrons. The van der Waals surface area contributed by atoms with E-state index in [9.17, 15) is 13.2 Å². The van der Waals surface area contributed by atoms with Crippen molar-refractivity contribution in [2.45, 2.75) is 53.1 Å². The van der Waals surface area contributed by atoms with Gasteiger partial charge in [-0.3, -0.25) is 9.10 Å². The van der Waals surface area contributed by atoms with Crippen LogP contribution in [0.25, 0.3) is 0 Å². The number of hydrogen-bond acceptors (Lipinski definition) is 4. The lowest BCUT2D eigenvalue weighted by Gasteiger charge is -2.31. The molecule has 0 aliphatic carbocycles. The molecule has 0 fully saturated rings. The molecule has 0 bridgehead atoms. The molecule has 0 aliphatic rings. The number of benzene rings is 2. The van der Waals surface area contributed by atoms with Gasteiger partial charge in [-0.15, -0.1) is 0 Å². The van der Waals surface area contributed by atoms with Crippen molar-refractivity contribution in [2.24, 2.45) is 0 Å². The van der Waals surface area contributed by atoms with Crippen molar-refractivity contribution >= 4 is 21.6 Å². The molecule has 0 unspecified atom stereocenters. The van der Waals surface area contributed by atoms with Crippen LogP contribution in [-0.2, 0) is 14.8 Å². The summed E-state index contributed by atoms with van der Waals surface area (Å²) in [6.07, 6.45) is 1.45. The molecule has 0 spiro atoms. The summed E-state index contributed by atoms with van der Waals surface area (Å²) >= 11 is 0. The number of nitrogens with one attached hydrogen (secondary N) is 1. The molecule has 30 heavy (non-hydrogen) atoms. The molecule has 0 aromatic heterocycles. The molecular formula is C23H32N2O4S. The molecule has 7 heteroatoms. The van der Waals surface area contributed by atoms with E-state index in [2.05, 4.69) is 24.4 Å². The number of hydrogen-bond donors (Lipinski definition) is 1. The third kappa shape index (κ3) is 5.33. The van der Waals surface area contributed by atoms with Gasteiger partial charge in [0.05, 0.1) is 25.1 Å². The van der Waals surface area contributed by atoms with Gasteiger partial charge in [-0.1, -0.05) is 19.1 Å². The Balaban J connectivity index is 2.34. The smallest absolute Gasteiger partial charge is 0.244 e. The second kappa shape index (κ2) is 9.51. The number of methoxy groups -OCH3 is 1. The Morgan fingerprint density at radius 3 is 2.13 bits per heavy atom. The second-order valence-corrected chi connectivity index (χ2v) is 9.56. The first-order valence-corrected chi connectivity index (χ1v) is 11.9. The zero-order valence-electron chi connectivity index (χ0n) is 18.8. The van der Waals surface area contributed by atoms with Crippen molar-refractivity contribution in [3.05, 3.63) is 58.7 Å². The van der Waals surface area contributed by atoms with E-state index in [1.54, 1.807) is 38.3 Å². The van der Waals surface area contributed by atoms with Gasteiger partial charge < -0.3 is 10.1 Å². The first kappa shape index (κ1) is 23.7. The fourth-order valence-corrected chi connectivity index (χ4v) is 4.84. The van der Waals surface area contributed by atoms with Crippen LogP contribution in [0.3, 0.4) is 0 Å². The molecule has 6 nitrogen and oxygen atoms in total. The van der Waals surface area contributed by atoms with Gasteiger partial charge in [0.15, 0.2) is 0 Å². The molecule has 2 rings (SSSR count). The van der Waals surface area contributed by atoms with Crippen LogP contribution in [0.5, 0.6) is 5.75 Å². The Labute approximate surface area is 180 Å². The maximum atomic E-state index is 13.2. The molecule has 1 amide bonds. The topological polar surface area (TPSA) is 75.7 Å². The molecule has 0 saturated heterocycles. The fourth-order valence-electron chi connectivity index (χ4n) is 3.63. The predicted octanol–water partition coefficient (Wildman–Crippen LogP) is 4.04. The van der Waals surface area contributed by atoms with Crippen LogP contribution in [0, 0.1) is 20.8 Å². The van der Waals surface area contributed by atoms with E-state index < -0.39 is 16.1 Å². The second-order valence-electron chi connectivity index (χ2n) is 7.70. The SMILES string of the molecule is CC[C@H](C(=O)N[C@@H](C)c1cc(C)c(C)cc1C)N(c1ccc(OC)cc1)S(C)(=O)=O. The minimum absolute atomic E-state index is 0.247. The Morgan fingerprint density at radius 2 is 1.63 bits per heavy atom. The number of carbonyl (C=O) groups excluding carboxylic acids is 1. The zero-order chi connectivity index (χ0) is 22.6. The van der Waals surface area contributed by atoms with Crippen LogP contribution in [0.15, 0.2) is 36.4 Å². The van der Waals surface area contributed by atoms with Crippen molar-refractivity contribution in [3.63, 3.8) is 0 Å². The van der Waals surface area contributed by atoms with E-state index in [4.69, 9.17) is 4.74 Å². The molecule has 164 valence electrons. The summed E-state index contributed by atoms with van der Waals surface area (Å²) in [5, 5.41) is 3.01. The number of nitrogens with zero attached hydrogens (tertiary/aromatic N) is 1. The number of ether oxygens (including phenoxy) is 1. The highest BCUT2D eigenvalue weighted by atomic mass is 32.2. The minimum atomic E-state index is -3.68. The monoisotopic (exact) mass is 432 g/mol. The van der Waals surface area contributed by atoms with Crippen LogP contribution in [-0.4, -0.2) is 33.7 Å². The summed E-state index contributed by atoms with van der Waals surface area (Å²) in [6, 6.07) is 9.72. The fraction of sp³-hybridized carbons (Fsp3) is 0.435. The molecule has 0 saturated carbocycles. The Bertz CT molecular complexity index is 1000. The Hall–Kier alpha value is -2.54. The first-order valence-electron chi connectivity index (χ1n) is 10.0. The minimum Gasteiger partial charge on any atom is -0.497 e. The quantitative estimate of drug-likeness (QED) is 0.683. The maximum absolute atomic E-state index is 13.2. The molecule has 2 atom stereocenters. The van der Waals surface area contributed by atoms with Gasteiger partial charge in [-0.2, -0.15) is 0 Å².